The van der Waals surface area contributed by atoms with E-state index >= 15 is 0 Å². The summed E-state index contributed by atoms with van der Waals surface area (Å²) in [6.45, 7) is 8.63. The Kier molecular flexibility index (Phi) is 3.44. The molecule has 0 saturated heterocycles. The molecule has 1 atom stereocenters. The van der Waals surface area contributed by atoms with E-state index in [1.165, 1.54) is 5.56 Å². The Morgan fingerprint density at radius 2 is 2.00 bits per heavy atom. The van der Waals surface area contributed by atoms with Gasteiger partial charge in [-0.05, 0) is 23.8 Å². The van der Waals surface area contributed by atoms with Gasteiger partial charge < -0.3 is 5.73 Å². The molecule has 14 heavy (non-hydrogen) atoms. The summed E-state index contributed by atoms with van der Waals surface area (Å²) in [5, 5.41) is 0. The highest BCUT2D eigenvalue weighted by Crippen LogP contribution is 2.26. The highest BCUT2D eigenvalue weighted by atomic mass is 15.0. The Morgan fingerprint density at radius 1 is 1.36 bits per heavy atom. The van der Waals surface area contributed by atoms with Gasteiger partial charge in [0.25, 0.3) is 0 Å². The van der Waals surface area contributed by atoms with Gasteiger partial charge in [0.2, 0.25) is 5.95 Å². The lowest BCUT2D eigenvalue weighted by Gasteiger charge is -2.15. The van der Waals surface area contributed by atoms with Crippen molar-refractivity contribution in [2.75, 3.05) is 5.73 Å². The predicted molar refractivity (Wildman–Crippen MR) is 59.2 cm³/mol. The van der Waals surface area contributed by atoms with Crippen LogP contribution in [0.2, 0.25) is 0 Å². The summed E-state index contributed by atoms with van der Waals surface area (Å²) in [7, 11) is 0. The molecule has 0 aromatic carbocycles. The Morgan fingerprint density at radius 3 is 2.50 bits per heavy atom. The minimum atomic E-state index is 0.376. The summed E-state index contributed by atoms with van der Waals surface area (Å²) in [6.07, 6.45) is 2.97. The van der Waals surface area contributed by atoms with Gasteiger partial charge in [-0.3, -0.25) is 0 Å². The average molecular weight is 193 g/mol. The molecule has 78 valence electrons. The minimum absolute atomic E-state index is 0.376. The molecule has 1 aromatic heterocycles. The summed E-state index contributed by atoms with van der Waals surface area (Å²) < 4.78 is 0. The smallest absolute Gasteiger partial charge is 0.220 e. The monoisotopic (exact) mass is 193 g/mol. The van der Waals surface area contributed by atoms with Gasteiger partial charge >= 0.3 is 0 Å². The first kappa shape index (κ1) is 11.0. The Hall–Kier alpha value is -1.12. The van der Waals surface area contributed by atoms with Gasteiger partial charge in [-0.15, -0.1) is 0 Å². The lowest BCUT2D eigenvalue weighted by atomic mass is 9.94. The summed E-state index contributed by atoms with van der Waals surface area (Å²) in [5.74, 6) is 1.29. The maximum atomic E-state index is 5.58. The van der Waals surface area contributed by atoms with Crippen molar-refractivity contribution >= 4 is 5.95 Å². The molecule has 0 spiro atoms. The molecule has 3 heteroatoms. The van der Waals surface area contributed by atoms with Crippen LogP contribution in [0.4, 0.5) is 5.95 Å². The third kappa shape index (κ3) is 2.22. The summed E-state index contributed by atoms with van der Waals surface area (Å²) in [6, 6.07) is 0. The van der Waals surface area contributed by atoms with Crippen molar-refractivity contribution < 1.29 is 0 Å². The van der Waals surface area contributed by atoms with E-state index in [0.717, 1.165) is 12.1 Å². The number of hydrogen-bond donors (Lipinski definition) is 1. The zero-order chi connectivity index (χ0) is 10.7. The Balaban J connectivity index is 3.14. The molecule has 0 aliphatic heterocycles. The summed E-state index contributed by atoms with van der Waals surface area (Å²) in [4.78, 5) is 8.37. The summed E-state index contributed by atoms with van der Waals surface area (Å²) >= 11 is 0. The number of anilines is 1. The van der Waals surface area contributed by atoms with E-state index in [1.54, 1.807) is 0 Å². The van der Waals surface area contributed by atoms with E-state index in [4.69, 9.17) is 5.73 Å². The SMILES string of the molecule is CCC(C)c1cnc(N)nc1C(C)C. The van der Waals surface area contributed by atoms with Crippen molar-refractivity contribution in [3.63, 3.8) is 0 Å². The van der Waals surface area contributed by atoms with Crippen LogP contribution in [0.25, 0.3) is 0 Å². The van der Waals surface area contributed by atoms with Gasteiger partial charge in [0.15, 0.2) is 0 Å². The lowest BCUT2D eigenvalue weighted by molar-refractivity contribution is 0.687. The fraction of sp³-hybridized carbons (Fsp3) is 0.636. The molecule has 0 radical (unpaired) electrons. The second kappa shape index (κ2) is 4.40. The topological polar surface area (TPSA) is 51.8 Å². The normalized spacial score (nSPS) is 13.2. The largest absolute Gasteiger partial charge is 0.368 e. The van der Waals surface area contributed by atoms with E-state index < -0.39 is 0 Å². The van der Waals surface area contributed by atoms with Crippen LogP contribution in [0.15, 0.2) is 6.20 Å². The molecule has 1 heterocycles. The third-order valence-electron chi connectivity index (χ3n) is 2.56. The molecule has 0 aliphatic rings. The first-order chi connectivity index (χ1) is 6.56. The Labute approximate surface area is 85.8 Å². The van der Waals surface area contributed by atoms with Crippen LogP contribution in [0.1, 0.15) is 57.2 Å². The molecule has 0 fully saturated rings. The van der Waals surface area contributed by atoms with Crippen LogP contribution in [0.3, 0.4) is 0 Å². The van der Waals surface area contributed by atoms with Crippen LogP contribution in [0, 0.1) is 0 Å². The van der Waals surface area contributed by atoms with Crippen molar-refractivity contribution in [1.82, 2.24) is 9.97 Å². The zero-order valence-corrected chi connectivity index (χ0v) is 9.41. The van der Waals surface area contributed by atoms with E-state index in [-0.39, 0.29) is 0 Å². The van der Waals surface area contributed by atoms with Crippen LogP contribution in [-0.2, 0) is 0 Å². The third-order valence-corrected chi connectivity index (χ3v) is 2.56. The quantitative estimate of drug-likeness (QED) is 0.803. The van der Waals surface area contributed by atoms with Crippen LogP contribution in [0.5, 0.6) is 0 Å². The number of nitrogen functional groups attached to an aromatic ring is 1. The zero-order valence-electron chi connectivity index (χ0n) is 9.41. The van der Waals surface area contributed by atoms with Gasteiger partial charge in [-0.25, -0.2) is 9.97 Å². The van der Waals surface area contributed by atoms with Crippen molar-refractivity contribution in [2.45, 2.75) is 46.0 Å². The second-order valence-corrected chi connectivity index (χ2v) is 4.03. The molecule has 1 aromatic rings. The molecule has 2 N–H and O–H groups in total. The first-order valence-corrected chi connectivity index (χ1v) is 5.18. The standard InChI is InChI=1S/C11H19N3/c1-5-8(4)9-6-13-11(12)14-10(9)7(2)3/h6-8H,5H2,1-4H3,(H2,12,13,14). The maximum absolute atomic E-state index is 5.58. The first-order valence-electron chi connectivity index (χ1n) is 5.18. The molecule has 0 bridgehead atoms. The molecule has 0 saturated carbocycles. The fourth-order valence-corrected chi connectivity index (χ4v) is 1.48. The Bertz CT molecular complexity index is 307. The van der Waals surface area contributed by atoms with Crippen LogP contribution < -0.4 is 5.73 Å². The maximum Gasteiger partial charge on any atom is 0.220 e. The van der Waals surface area contributed by atoms with Gasteiger partial charge in [0.05, 0.1) is 5.69 Å². The fourth-order valence-electron chi connectivity index (χ4n) is 1.48. The molecular formula is C11H19N3. The second-order valence-electron chi connectivity index (χ2n) is 4.03. The summed E-state index contributed by atoms with van der Waals surface area (Å²) in [5.41, 5.74) is 7.91. The highest BCUT2D eigenvalue weighted by molar-refractivity contribution is 5.29. The number of hydrogen-bond acceptors (Lipinski definition) is 3. The molecule has 1 rings (SSSR count). The lowest BCUT2D eigenvalue weighted by Crippen LogP contribution is -2.07. The van der Waals surface area contributed by atoms with Crippen LogP contribution >= 0.6 is 0 Å². The van der Waals surface area contributed by atoms with Gasteiger partial charge in [-0.2, -0.15) is 0 Å². The molecule has 0 aliphatic carbocycles. The minimum Gasteiger partial charge on any atom is -0.368 e. The molecule has 3 nitrogen and oxygen atoms in total. The van der Waals surface area contributed by atoms with Crippen molar-refractivity contribution in [1.29, 1.82) is 0 Å². The van der Waals surface area contributed by atoms with Crippen molar-refractivity contribution in [3.05, 3.63) is 17.5 Å². The van der Waals surface area contributed by atoms with E-state index in [0.29, 0.717) is 17.8 Å². The number of nitrogens with zero attached hydrogens (tertiary/aromatic N) is 2. The van der Waals surface area contributed by atoms with E-state index in [2.05, 4.69) is 37.7 Å². The number of aromatic nitrogens is 2. The molecule has 0 amide bonds. The highest BCUT2D eigenvalue weighted by Gasteiger charge is 2.13. The van der Waals surface area contributed by atoms with Gasteiger partial charge in [0.1, 0.15) is 0 Å². The van der Waals surface area contributed by atoms with Crippen molar-refractivity contribution in [2.24, 2.45) is 0 Å². The predicted octanol–water partition coefficient (Wildman–Crippen LogP) is 2.70. The van der Waals surface area contributed by atoms with Crippen molar-refractivity contribution in [3.8, 4) is 0 Å². The van der Waals surface area contributed by atoms with Gasteiger partial charge in [0, 0.05) is 6.20 Å². The van der Waals surface area contributed by atoms with Crippen LogP contribution in [-0.4, -0.2) is 9.97 Å². The molecule has 1 unspecified atom stereocenters. The van der Waals surface area contributed by atoms with Gasteiger partial charge in [-0.1, -0.05) is 27.7 Å². The number of rotatable bonds is 3. The average Bonchev–Trinajstić information content (AvgIpc) is 2.16. The van der Waals surface area contributed by atoms with E-state index in [9.17, 15) is 0 Å². The van der Waals surface area contributed by atoms with E-state index in [1.807, 2.05) is 6.20 Å². The molecular weight excluding hydrogens is 174 g/mol. The number of nitrogens with two attached hydrogens (primary N) is 1.